The fraction of sp³-hybridized carbons (Fsp3) is 0.0588. The van der Waals surface area contributed by atoms with Crippen molar-refractivity contribution in [1.82, 2.24) is 9.55 Å². The molecule has 4 rings (SSSR count). The van der Waals surface area contributed by atoms with E-state index in [2.05, 4.69) is 29.2 Å². The molecule has 0 saturated carbocycles. The predicted molar refractivity (Wildman–Crippen MR) is 82.6 cm³/mol. The number of nitrogens with two attached hydrogens (primary N) is 1. The van der Waals surface area contributed by atoms with Crippen LogP contribution in [0.1, 0.15) is 23.1 Å². The van der Waals surface area contributed by atoms with E-state index in [0.29, 0.717) is 0 Å². The second-order valence-electron chi connectivity index (χ2n) is 4.96. The van der Waals surface area contributed by atoms with Crippen LogP contribution in [-0.2, 0) is 0 Å². The maximum Gasteiger partial charge on any atom is 0.157 e. The van der Waals surface area contributed by atoms with E-state index in [1.807, 2.05) is 41.1 Å². The monoisotopic (exact) mass is 274 g/mol. The highest BCUT2D eigenvalue weighted by atomic mass is 15.2. The van der Waals surface area contributed by atoms with Gasteiger partial charge in [-0.3, -0.25) is 4.99 Å². The minimum Gasteiger partial charge on any atom is -0.303 e. The van der Waals surface area contributed by atoms with Gasteiger partial charge in [0.25, 0.3) is 0 Å². The lowest BCUT2D eigenvalue weighted by Crippen LogP contribution is -2.13. The molecule has 102 valence electrons. The Bertz CT molecular complexity index is 818. The van der Waals surface area contributed by atoms with Crippen molar-refractivity contribution in [3.8, 4) is 5.69 Å². The predicted octanol–water partition coefficient (Wildman–Crippen LogP) is 2.68. The van der Waals surface area contributed by atoms with Crippen LogP contribution >= 0.6 is 0 Å². The van der Waals surface area contributed by atoms with Gasteiger partial charge in [0.1, 0.15) is 0 Å². The standard InChI is InChI=1S/C17H14N4/c18-16-17-19-10-11-21(17)14-9-5-4-8-13(14)15(20-16)12-6-2-1-3-7-12/h1-11,16H,18H2. The highest BCUT2D eigenvalue weighted by Gasteiger charge is 2.22. The van der Waals surface area contributed by atoms with Gasteiger partial charge in [-0.2, -0.15) is 0 Å². The first kappa shape index (κ1) is 12.1. The van der Waals surface area contributed by atoms with Gasteiger partial charge in [0.2, 0.25) is 0 Å². The fourth-order valence-electron chi connectivity index (χ4n) is 2.71. The molecule has 21 heavy (non-hydrogen) atoms. The molecule has 1 aliphatic heterocycles. The molecule has 2 N–H and O–H groups in total. The molecule has 4 heteroatoms. The molecule has 0 saturated heterocycles. The summed E-state index contributed by atoms with van der Waals surface area (Å²) in [5.74, 6) is 0.758. The molecule has 2 aromatic carbocycles. The van der Waals surface area contributed by atoms with Crippen molar-refractivity contribution < 1.29 is 0 Å². The third-order valence-electron chi connectivity index (χ3n) is 3.67. The fourth-order valence-corrected chi connectivity index (χ4v) is 2.71. The minimum absolute atomic E-state index is 0.470. The van der Waals surface area contributed by atoms with Crippen LogP contribution in [0.25, 0.3) is 5.69 Å². The number of para-hydroxylation sites is 1. The van der Waals surface area contributed by atoms with E-state index in [4.69, 9.17) is 10.7 Å². The highest BCUT2D eigenvalue weighted by Crippen LogP contribution is 2.27. The van der Waals surface area contributed by atoms with E-state index in [0.717, 1.165) is 28.4 Å². The summed E-state index contributed by atoms with van der Waals surface area (Å²) in [6.07, 6.45) is 3.22. The van der Waals surface area contributed by atoms with Gasteiger partial charge in [0, 0.05) is 23.5 Å². The van der Waals surface area contributed by atoms with Crippen LogP contribution in [0, 0.1) is 0 Å². The Morgan fingerprint density at radius 3 is 2.57 bits per heavy atom. The summed E-state index contributed by atoms with van der Waals surface area (Å²) < 4.78 is 2.01. The lowest BCUT2D eigenvalue weighted by molar-refractivity contribution is 0.698. The van der Waals surface area contributed by atoms with Crippen LogP contribution in [-0.4, -0.2) is 15.3 Å². The van der Waals surface area contributed by atoms with Gasteiger partial charge >= 0.3 is 0 Å². The number of imidazole rings is 1. The summed E-state index contributed by atoms with van der Waals surface area (Å²) in [6, 6.07) is 18.3. The SMILES string of the molecule is NC1N=C(c2ccccc2)c2ccccc2-n2ccnc21. The van der Waals surface area contributed by atoms with Crippen molar-refractivity contribution >= 4 is 5.71 Å². The number of nitrogens with zero attached hydrogens (tertiary/aromatic N) is 3. The highest BCUT2D eigenvalue weighted by molar-refractivity contribution is 6.15. The average molecular weight is 274 g/mol. The number of aliphatic imine (C=N–C) groups is 1. The number of hydrogen-bond donors (Lipinski definition) is 1. The van der Waals surface area contributed by atoms with Gasteiger partial charge in [-0.25, -0.2) is 4.98 Å². The molecule has 0 fully saturated rings. The van der Waals surface area contributed by atoms with Crippen molar-refractivity contribution in [3.63, 3.8) is 0 Å². The topological polar surface area (TPSA) is 56.2 Å². The van der Waals surface area contributed by atoms with E-state index in [1.54, 1.807) is 6.20 Å². The molecule has 1 aliphatic rings. The molecule has 0 bridgehead atoms. The van der Waals surface area contributed by atoms with Gasteiger partial charge in [0.15, 0.2) is 12.0 Å². The second-order valence-corrected chi connectivity index (χ2v) is 4.96. The molecule has 1 aromatic heterocycles. The summed E-state index contributed by atoms with van der Waals surface area (Å²) in [5.41, 5.74) is 10.3. The first-order valence-electron chi connectivity index (χ1n) is 6.86. The summed E-state index contributed by atoms with van der Waals surface area (Å²) in [7, 11) is 0. The quantitative estimate of drug-likeness (QED) is 0.741. The van der Waals surface area contributed by atoms with E-state index < -0.39 is 6.17 Å². The minimum atomic E-state index is -0.470. The van der Waals surface area contributed by atoms with E-state index >= 15 is 0 Å². The first-order chi connectivity index (χ1) is 10.3. The van der Waals surface area contributed by atoms with Gasteiger partial charge in [-0.15, -0.1) is 0 Å². The zero-order chi connectivity index (χ0) is 14.2. The van der Waals surface area contributed by atoms with Crippen LogP contribution in [0.4, 0.5) is 0 Å². The number of fused-ring (bicyclic) bond motifs is 3. The summed E-state index contributed by atoms with van der Waals surface area (Å²) >= 11 is 0. The Hall–Kier alpha value is -2.72. The maximum absolute atomic E-state index is 6.23. The number of hydrogen-bond acceptors (Lipinski definition) is 3. The van der Waals surface area contributed by atoms with Gasteiger partial charge in [-0.05, 0) is 6.07 Å². The van der Waals surface area contributed by atoms with Crippen molar-refractivity contribution in [2.24, 2.45) is 10.7 Å². The molecular weight excluding hydrogens is 260 g/mol. The third kappa shape index (κ3) is 1.88. The zero-order valence-electron chi connectivity index (χ0n) is 11.3. The van der Waals surface area contributed by atoms with Crippen molar-refractivity contribution in [2.75, 3.05) is 0 Å². The molecule has 0 radical (unpaired) electrons. The van der Waals surface area contributed by atoms with Crippen LogP contribution in [0.15, 0.2) is 72.0 Å². The lowest BCUT2D eigenvalue weighted by atomic mass is 10.0. The van der Waals surface area contributed by atoms with Crippen LogP contribution in [0.3, 0.4) is 0 Å². The van der Waals surface area contributed by atoms with Crippen LogP contribution in [0.2, 0.25) is 0 Å². The van der Waals surface area contributed by atoms with Crippen LogP contribution < -0.4 is 5.73 Å². The summed E-state index contributed by atoms with van der Waals surface area (Å²) in [5, 5.41) is 0. The van der Waals surface area contributed by atoms with Gasteiger partial charge in [-0.1, -0.05) is 48.5 Å². The molecule has 2 heterocycles. The van der Waals surface area contributed by atoms with Crippen LogP contribution in [0.5, 0.6) is 0 Å². The molecule has 4 nitrogen and oxygen atoms in total. The zero-order valence-corrected chi connectivity index (χ0v) is 11.3. The van der Waals surface area contributed by atoms with Crippen molar-refractivity contribution in [2.45, 2.75) is 6.17 Å². The lowest BCUT2D eigenvalue weighted by Gasteiger charge is -2.11. The second kappa shape index (κ2) is 4.68. The number of aromatic nitrogens is 2. The van der Waals surface area contributed by atoms with E-state index in [9.17, 15) is 0 Å². The maximum atomic E-state index is 6.23. The van der Waals surface area contributed by atoms with Crippen molar-refractivity contribution in [1.29, 1.82) is 0 Å². The normalized spacial score (nSPS) is 16.6. The first-order valence-corrected chi connectivity index (χ1v) is 6.86. The summed E-state index contributed by atoms with van der Waals surface area (Å²) in [6.45, 7) is 0. The molecule has 0 spiro atoms. The summed E-state index contributed by atoms with van der Waals surface area (Å²) in [4.78, 5) is 9.07. The number of rotatable bonds is 1. The Morgan fingerprint density at radius 2 is 1.71 bits per heavy atom. The Kier molecular flexibility index (Phi) is 2.69. The van der Waals surface area contributed by atoms with Gasteiger partial charge in [0.05, 0.1) is 11.4 Å². The smallest absolute Gasteiger partial charge is 0.157 e. The van der Waals surface area contributed by atoms with Crippen molar-refractivity contribution in [3.05, 3.63) is 83.9 Å². The largest absolute Gasteiger partial charge is 0.303 e. The Morgan fingerprint density at radius 1 is 0.952 bits per heavy atom. The molecule has 1 unspecified atom stereocenters. The van der Waals surface area contributed by atoms with E-state index in [-0.39, 0.29) is 0 Å². The Balaban J connectivity index is 2.02. The average Bonchev–Trinajstić information content (AvgIpc) is 2.99. The molecule has 0 amide bonds. The molecule has 0 aliphatic carbocycles. The molecule has 1 atom stereocenters. The number of benzene rings is 2. The van der Waals surface area contributed by atoms with Gasteiger partial charge < -0.3 is 10.3 Å². The third-order valence-corrected chi connectivity index (χ3v) is 3.67. The Labute approximate surface area is 122 Å². The van der Waals surface area contributed by atoms with E-state index in [1.165, 1.54) is 0 Å². The molecule has 3 aromatic rings. The molecular formula is C17H14N4.